The number of benzene rings is 1. The Labute approximate surface area is 120 Å². The van der Waals surface area contributed by atoms with E-state index in [1.165, 1.54) is 12.8 Å². The minimum atomic E-state index is -0.501. The summed E-state index contributed by atoms with van der Waals surface area (Å²) in [5, 5.41) is 19.0. The van der Waals surface area contributed by atoms with E-state index in [1.54, 1.807) is 13.0 Å². The number of hydrogen-bond acceptors (Lipinski definition) is 4. The van der Waals surface area contributed by atoms with Crippen LogP contribution >= 0.6 is 0 Å². The summed E-state index contributed by atoms with van der Waals surface area (Å²) < 4.78 is 0. The number of piperazine rings is 1. The molecule has 1 atom stereocenters. The smallest absolute Gasteiger partial charge is 0.0992 e. The highest BCUT2D eigenvalue weighted by atomic mass is 16.3. The maximum Gasteiger partial charge on any atom is 0.0992 e. The Kier molecular flexibility index (Phi) is 3.64. The Morgan fingerprint density at radius 2 is 1.95 bits per heavy atom. The summed E-state index contributed by atoms with van der Waals surface area (Å²) in [6.07, 6.45) is 2.20. The SMILES string of the molecule is C[C@@H](O)c1ccc(C#N)cc1N1CCN(C2CC2)CC1. The predicted molar refractivity (Wildman–Crippen MR) is 78.6 cm³/mol. The molecule has 1 heterocycles. The molecule has 0 spiro atoms. The molecular formula is C16H21N3O. The quantitative estimate of drug-likeness (QED) is 0.912. The van der Waals surface area contributed by atoms with Crippen molar-refractivity contribution in [1.29, 1.82) is 5.26 Å². The number of nitriles is 1. The molecular weight excluding hydrogens is 250 g/mol. The third-order valence-corrected chi connectivity index (χ3v) is 4.33. The second kappa shape index (κ2) is 5.43. The van der Waals surface area contributed by atoms with E-state index in [-0.39, 0.29) is 0 Å². The summed E-state index contributed by atoms with van der Waals surface area (Å²) in [7, 11) is 0. The second-order valence-electron chi connectivity index (χ2n) is 5.82. The van der Waals surface area contributed by atoms with Crippen LogP contribution in [-0.4, -0.2) is 42.2 Å². The van der Waals surface area contributed by atoms with E-state index < -0.39 is 6.10 Å². The summed E-state index contributed by atoms with van der Waals surface area (Å²) in [6, 6.07) is 8.59. The van der Waals surface area contributed by atoms with Crippen molar-refractivity contribution in [2.45, 2.75) is 31.9 Å². The molecule has 1 aliphatic carbocycles. The molecule has 0 aromatic heterocycles. The minimum absolute atomic E-state index is 0.501. The van der Waals surface area contributed by atoms with Gasteiger partial charge in [0.1, 0.15) is 0 Å². The van der Waals surface area contributed by atoms with Crippen molar-refractivity contribution in [3.63, 3.8) is 0 Å². The maximum absolute atomic E-state index is 9.93. The normalized spacial score (nSPS) is 21.6. The molecule has 0 amide bonds. The zero-order chi connectivity index (χ0) is 14.1. The monoisotopic (exact) mass is 271 g/mol. The number of hydrogen-bond donors (Lipinski definition) is 1. The van der Waals surface area contributed by atoms with Gasteiger partial charge in [0.2, 0.25) is 0 Å². The van der Waals surface area contributed by atoms with Gasteiger partial charge >= 0.3 is 0 Å². The van der Waals surface area contributed by atoms with E-state index >= 15 is 0 Å². The first kappa shape index (κ1) is 13.4. The molecule has 1 aliphatic heterocycles. The Bertz CT molecular complexity index is 523. The first-order valence-corrected chi connectivity index (χ1v) is 7.40. The predicted octanol–water partition coefficient (Wildman–Crippen LogP) is 1.90. The van der Waals surface area contributed by atoms with Crippen LogP contribution in [0, 0.1) is 11.3 Å². The molecule has 106 valence electrons. The number of nitrogens with zero attached hydrogens (tertiary/aromatic N) is 3. The van der Waals surface area contributed by atoms with Crippen LogP contribution in [0.25, 0.3) is 0 Å². The zero-order valence-electron chi connectivity index (χ0n) is 11.9. The minimum Gasteiger partial charge on any atom is -0.389 e. The highest BCUT2D eigenvalue weighted by Crippen LogP contribution is 2.31. The maximum atomic E-state index is 9.93. The Morgan fingerprint density at radius 3 is 2.50 bits per heavy atom. The Hall–Kier alpha value is -1.57. The van der Waals surface area contributed by atoms with Crippen LogP contribution in [0.2, 0.25) is 0 Å². The third kappa shape index (κ3) is 2.65. The van der Waals surface area contributed by atoms with Gasteiger partial charge in [0.05, 0.1) is 17.7 Å². The van der Waals surface area contributed by atoms with Crippen molar-refractivity contribution < 1.29 is 5.11 Å². The van der Waals surface area contributed by atoms with Gasteiger partial charge in [-0.3, -0.25) is 4.90 Å². The topological polar surface area (TPSA) is 50.5 Å². The first-order valence-electron chi connectivity index (χ1n) is 7.40. The van der Waals surface area contributed by atoms with E-state index in [1.807, 2.05) is 12.1 Å². The average Bonchev–Trinajstić information content (AvgIpc) is 3.31. The van der Waals surface area contributed by atoms with Gasteiger partial charge in [0.15, 0.2) is 0 Å². The van der Waals surface area contributed by atoms with Gasteiger partial charge in [-0.25, -0.2) is 0 Å². The molecule has 4 nitrogen and oxygen atoms in total. The number of anilines is 1. The fourth-order valence-corrected chi connectivity index (χ4v) is 3.01. The lowest BCUT2D eigenvalue weighted by atomic mass is 10.0. The Balaban J connectivity index is 1.80. The van der Waals surface area contributed by atoms with E-state index in [0.717, 1.165) is 43.5 Å². The van der Waals surface area contributed by atoms with E-state index in [9.17, 15) is 5.11 Å². The Morgan fingerprint density at radius 1 is 1.25 bits per heavy atom. The number of aliphatic hydroxyl groups is 1. The second-order valence-corrected chi connectivity index (χ2v) is 5.82. The first-order chi connectivity index (χ1) is 9.69. The zero-order valence-corrected chi connectivity index (χ0v) is 11.9. The molecule has 0 bridgehead atoms. The lowest BCUT2D eigenvalue weighted by Crippen LogP contribution is -2.47. The molecule has 1 aromatic carbocycles. The molecule has 1 saturated carbocycles. The van der Waals surface area contributed by atoms with Crippen molar-refractivity contribution in [3.05, 3.63) is 29.3 Å². The molecule has 0 radical (unpaired) electrons. The van der Waals surface area contributed by atoms with E-state index in [4.69, 9.17) is 5.26 Å². The molecule has 2 aliphatic rings. The highest BCUT2D eigenvalue weighted by molar-refractivity contribution is 5.58. The summed E-state index contributed by atoms with van der Waals surface area (Å²) in [6.45, 7) is 5.91. The van der Waals surface area contributed by atoms with Crippen LogP contribution in [0.15, 0.2) is 18.2 Å². The fourth-order valence-electron chi connectivity index (χ4n) is 3.01. The van der Waals surface area contributed by atoms with Gasteiger partial charge in [-0.1, -0.05) is 6.07 Å². The van der Waals surface area contributed by atoms with E-state index in [2.05, 4.69) is 15.9 Å². The fraction of sp³-hybridized carbons (Fsp3) is 0.562. The molecule has 3 rings (SSSR count). The van der Waals surface area contributed by atoms with Gasteiger partial charge in [-0.2, -0.15) is 5.26 Å². The summed E-state index contributed by atoms with van der Waals surface area (Å²) in [5.74, 6) is 0. The molecule has 1 saturated heterocycles. The van der Waals surface area contributed by atoms with E-state index in [0.29, 0.717) is 5.56 Å². The molecule has 2 fully saturated rings. The van der Waals surface area contributed by atoms with Crippen molar-refractivity contribution in [1.82, 2.24) is 4.90 Å². The van der Waals surface area contributed by atoms with Gasteiger partial charge in [0, 0.05) is 43.5 Å². The van der Waals surface area contributed by atoms with Crippen LogP contribution in [0.3, 0.4) is 0 Å². The van der Waals surface area contributed by atoms with Crippen molar-refractivity contribution >= 4 is 5.69 Å². The average molecular weight is 271 g/mol. The lowest BCUT2D eigenvalue weighted by Gasteiger charge is -2.37. The van der Waals surface area contributed by atoms with Gasteiger partial charge in [-0.05, 0) is 31.9 Å². The van der Waals surface area contributed by atoms with Gasteiger partial charge in [-0.15, -0.1) is 0 Å². The molecule has 20 heavy (non-hydrogen) atoms. The molecule has 0 unspecified atom stereocenters. The van der Waals surface area contributed by atoms with Gasteiger partial charge in [0.25, 0.3) is 0 Å². The van der Waals surface area contributed by atoms with Crippen LogP contribution in [0.4, 0.5) is 5.69 Å². The van der Waals surface area contributed by atoms with Crippen molar-refractivity contribution in [3.8, 4) is 6.07 Å². The molecule has 1 N–H and O–H groups in total. The van der Waals surface area contributed by atoms with Crippen molar-refractivity contribution in [2.75, 3.05) is 31.1 Å². The largest absolute Gasteiger partial charge is 0.389 e. The lowest BCUT2D eigenvalue weighted by molar-refractivity contribution is 0.198. The highest BCUT2D eigenvalue weighted by Gasteiger charge is 2.31. The summed E-state index contributed by atoms with van der Waals surface area (Å²) >= 11 is 0. The summed E-state index contributed by atoms with van der Waals surface area (Å²) in [4.78, 5) is 4.87. The molecule has 4 heteroatoms. The van der Waals surface area contributed by atoms with Crippen LogP contribution in [-0.2, 0) is 0 Å². The standard InChI is InChI=1S/C16H21N3O/c1-12(20)15-5-2-13(11-17)10-16(15)19-8-6-18(7-9-19)14-3-4-14/h2,5,10,12,14,20H,3-4,6-9H2,1H3/t12-/m1/s1. The van der Waals surface area contributed by atoms with Crippen LogP contribution in [0.5, 0.6) is 0 Å². The van der Waals surface area contributed by atoms with Crippen LogP contribution < -0.4 is 4.90 Å². The molecule has 1 aromatic rings. The number of aliphatic hydroxyl groups excluding tert-OH is 1. The summed E-state index contributed by atoms with van der Waals surface area (Å²) in [5.41, 5.74) is 2.60. The van der Waals surface area contributed by atoms with Gasteiger partial charge < -0.3 is 10.0 Å². The van der Waals surface area contributed by atoms with Crippen molar-refractivity contribution in [2.24, 2.45) is 0 Å². The number of rotatable bonds is 3. The van der Waals surface area contributed by atoms with Crippen LogP contribution in [0.1, 0.15) is 37.0 Å². The third-order valence-electron chi connectivity index (χ3n) is 4.33.